The summed E-state index contributed by atoms with van der Waals surface area (Å²) >= 11 is 0. The normalized spacial score (nSPS) is 11.5. The summed E-state index contributed by atoms with van der Waals surface area (Å²) in [5, 5.41) is 2.76. The SMILES string of the molecule is CC[C@@H](Oc1ccccc1)C(=O)OCC(=O)Nc1cc(C)ccc1C. The van der Waals surface area contributed by atoms with Crippen molar-refractivity contribution in [1.82, 2.24) is 0 Å². The standard InChI is InChI=1S/C20H23NO4/c1-4-18(25-16-8-6-5-7-9-16)20(23)24-13-19(22)21-17-12-14(2)10-11-15(17)3/h5-12,18H,4,13H2,1-3H3,(H,21,22)/t18-/m1/s1. The van der Waals surface area contributed by atoms with Crippen molar-refractivity contribution in [2.75, 3.05) is 11.9 Å². The Morgan fingerprint density at radius 1 is 1.08 bits per heavy atom. The third kappa shape index (κ3) is 5.64. The van der Waals surface area contributed by atoms with Crippen LogP contribution in [0.15, 0.2) is 48.5 Å². The van der Waals surface area contributed by atoms with Crippen molar-refractivity contribution in [1.29, 1.82) is 0 Å². The maximum atomic E-state index is 12.1. The number of carbonyl (C=O) groups excluding carboxylic acids is 2. The Hall–Kier alpha value is -2.82. The van der Waals surface area contributed by atoms with Crippen molar-refractivity contribution in [3.63, 3.8) is 0 Å². The van der Waals surface area contributed by atoms with Gasteiger partial charge in [-0.3, -0.25) is 4.79 Å². The van der Waals surface area contributed by atoms with Gasteiger partial charge in [0.25, 0.3) is 5.91 Å². The van der Waals surface area contributed by atoms with Gasteiger partial charge in [0.1, 0.15) is 5.75 Å². The molecule has 132 valence electrons. The zero-order valence-corrected chi connectivity index (χ0v) is 14.7. The Labute approximate surface area is 148 Å². The molecule has 2 rings (SSSR count). The molecule has 0 spiro atoms. The van der Waals surface area contributed by atoms with Crippen molar-refractivity contribution >= 4 is 17.6 Å². The second kappa shape index (κ2) is 8.87. The summed E-state index contributed by atoms with van der Waals surface area (Å²) in [6.07, 6.45) is -0.289. The van der Waals surface area contributed by atoms with E-state index in [2.05, 4.69) is 5.32 Å². The zero-order chi connectivity index (χ0) is 18.2. The number of hydrogen-bond acceptors (Lipinski definition) is 4. The highest BCUT2D eigenvalue weighted by Gasteiger charge is 2.21. The van der Waals surface area contributed by atoms with Crippen LogP contribution in [0.1, 0.15) is 24.5 Å². The number of benzene rings is 2. The Morgan fingerprint density at radius 3 is 2.48 bits per heavy atom. The van der Waals surface area contributed by atoms with E-state index < -0.39 is 12.1 Å². The van der Waals surface area contributed by atoms with Crippen LogP contribution >= 0.6 is 0 Å². The summed E-state index contributed by atoms with van der Waals surface area (Å²) in [6, 6.07) is 14.8. The molecule has 1 amide bonds. The van der Waals surface area contributed by atoms with Crippen LogP contribution < -0.4 is 10.1 Å². The molecule has 0 saturated carbocycles. The Kier molecular flexibility index (Phi) is 6.57. The van der Waals surface area contributed by atoms with E-state index in [1.54, 1.807) is 12.1 Å². The highest BCUT2D eigenvalue weighted by Crippen LogP contribution is 2.16. The van der Waals surface area contributed by atoms with Gasteiger partial charge in [0, 0.05) is 5.69 Å². The van der Waals surface area contributed by atoms with Crippen LogP contribution in [0.4, 0.5) is 5.69 Å². The van der Waals surface area contributed by atoms with Crippen molar-refractivity contribution in [2.24, 2.45) is 0 Å². The first-order valence-corrected chi connectivity index (χ1v) is 8.25. The van der Waals surface area contributed by atoms with Gasteiger partial charge in [0.2, 0.25) is 0 Å². The largest absolute Gasteiger partial charge is 0.479 e. The predicted molar refractivity (Wildman–Crippen MR) is 96.7 cm³/mol. The number of nitrogens with one attached hydrogen (secondary N) is 1. The second-order valence-electron chi connectivity index (χ2n) is 5.80. The molecule has 0 aliphatic rings. The highest BCUT2D eigenvalue weighted by atomic mass is 16.6. The average molecular weight is 341 g/mol. The maximum Gasteiger partial charge on any atom is 0.347 e. The monoisotopic (exact) mass is 341 g/mol. The van der Waals surface area contributed by atoms with Crippen LogP contribution in [0, 0.1) is 13.8 Å². The molecular formula is C20H23NO4. The fraction of sp³-hybridized carbons (Fsp3) is 0.300. The van der Waals surface area contributed by atoms with Gasteiger partial charge in [0.05, 0.1) is 0 Å². The van der Waals surface area contributed by atoms with E-state index in [0.717, 1.165) is 11.1 Å². The van der Waals surface area contributed by atoms with E-state index in [1.807, 2.05) is 57.2 Å². The molecule has 0 heterocycles. The molecule has 0 aromatic heterocycles. The number of anilines is 1. The van der Waals surface area contributed by atoms with Crippen molar-refractivity contribution in [3.05, 3.63) is 59.7 Å². The Morgan fingerprint density at radius 2 is 1.80 bits per heavy atom. The van der Waals surface area contributed by atoms with Gasteiger partial charge in [-0.25, -0.2) is 4.79 Å². The molecule has 1 atom stereocenters. The van der Waals surface area contributed by atoms with Gasteiger partial charge in [0.15, 0.2) is 12.7 Å². The van der Waals surface area contributed by atoms with E-state index in [9.17, 15) is 9.59 Å². The zero-order valence-electron chi connectivity index (χ0n) is 14.7. The van der Waals surface area contributed by atoms with Crippen LogP contribution in [0.2, 0.25) is 0 Å². The van der Waals surface area contributed by atoms with Crippen molar-refractivity contribution in [2.45, 2.75) is 33.3 Å². The molecular weight excluding hydrogens is 318 g/mol. The van der Waals surface area contributed by atoms with Crippen LogP contribution in [0.3, 0.4) is 0 Å². The van der Waals surface area contributed by atoms with Crippen molar-refractivity contribution in [3.8, 4) is 5.75 Å². The number of hydrogen-bond donors (Lipinski definition) is 1. The maximum absolute atomic E-state index is 12.1. The van der Waals surface area contributed by atoms with Crippen molar-refractivity contribution < 1.29 is 19.1 Å². The minimum Gasteiger partial charge on any atom is -0.479 e. The summed E-state index contributed by atoms with van der Waals surface area (Å²) < 4.78 is 10.7. The van der Waals surface area contributed by atoms with Crippen LogP contribution in [0.5, 0.6) is 5.75 Å². The second-order valence-corrected chi connectivity index (χ2v) is 5.80. The third-order valence-corrected chi connectivity index (χ3v) is 3.67. The van der Waals surface area contributed by atoms with Gasteiger partial charge in [-0.15, -0.1) is 0 Å². The number of para-hydroxylation sites is 1. The molecule has 2 aromatic rings. The topological polar surface area (TPSA) is 64.6 Å². The van der Waals surface area contributed by atoms with E-state index in [1.165, 1.54) is 0 Å². The minimum absolute atomic E-state index is 0.346. The number of rotatable bonds is 7. The summed E-state index contributed by atoms with van der Waals surface area (Å²) in [5.41, 5.74) is 2.71. The minimum atomic E-state index is -0.740. The lowest BCUT2D eigenvalue weighted by Crippen LogP contribution is -2.31. The molecule has 5 heteroatoms. The molecule has 0 bridgehead atoms. The van der Waals surface area contributed by atoms with Gasteiger partial charge < -0.3 is 14.8 Å². The van der Waals surface area contributed by atoms with Crippen LogP contribution in [-0.4, -0.2) is 24.6 Å². The lowest BCUT2D eigenvalue weighted by molar-refractivity contribution is -0.154. The number of carbonyl (C=O) groups is 2. The van der Waals surface area contributed by atoms with Gasteiger partial charge in [-0.2, -0.15) is 0 Å². The predicted octanol–water partition coefficient (Wildman–Crippen LogP) is 3.64. The number of aryl methyl sites for hydroxylation is 2. The highest BCUT2D eigenvalue weighted by molar-refractivity contribution is 5.93. The smallest absolute Gasteiger partial charge is 0.347 e. The molecule has 0 radical (unpaired) electrons. The molecule has 1 N–H and O–H groups in total. The number of amides is 1. The van der Waals surface area contributed by atoms with E-state index in [0.29, 0.717) is 17.9 Å². The lowest BCUT2D eigenvalue weighted by Gasteiger charge is -2.16. The van der Waals surface area contributed by atoms with E-state index >= 15 is 0 Å². The molecule has 0 fully saturated rings. The average Bonchev–Trinajstić information content (AvgIpc) is 2.61. The molecule has 25 heavy (non-hydrogen) atoms. The first kappa shape index (κ1) is 18.5. The number of ether oxygens (including phenoxy) is 2. The van der Waals surface area contributed by atoms with Gasteiger partial charge in [-0.05, 0) is 49.6 Å². The van der Waals surface area contributed by atoms with E-state index in [-0.39, 0.29) is 12.5 Å². The number of esters is 1. The molecule has 0 aliphatic carbocycles. The first-order valence-electron chi connectivity index (χ1n) is 8.25. The van der Waals surface area contributed by atoms with E-state index in [4.69, 9.17) is 9.47 Å². The third-order valence-electron chi connectivity index (χ3n) is 3.67. The summed E-state index contributed by atoms with van der Waals surface area (Å²) in [6.45, 7) is 5.33. The Balaban J connectivity index is 1.87. The fourth-order valence-electron chi connectivity index (χ4n) is 2.25. The molecule has 0 aliphatic heterocycles. The molecule has 2 aromatic carbocycles. The van der Waals surface area contributed by atoms with Crippen LogP contribution in [-0.2, 0) is 14.3 Å². The fourth-order valence-corrected chi connectivity index (χ4v) is 2.25. The van der Waals surface area contributed by atoms with Gasteiger partial charge in [-0.1, -0.05) is 37.3 Å². The first-order chi connectivity index (χ1) is 12.0. The summed E-state index contributed by atoms with van der Waals surface area (Å²) in [4.78, 5) is 24.1. The summed E-state index contributed by atoms with van der Waals surface area (Å²) in [7, 11) is 0. The molecule has 0 unspecified atom stereocenters. The summed E-state index contributed by atoms with van der Waals surface area (Å²) in [5.74, 6) is -0.342. The molecule has 0 saturated heterocycles. The van der Waals surface area contributed by atoms with Gasteiger partial charge >= 0.3 is 5.97 Å². The lowest BCUT2D eigenvalue weighted by atomic mass is 10.1. The van der Waals surface area contributed by atoms with Crippen LogP contribution in [0.25, 0.3) is 0 Å². The molecule has 5 nitrogen and oxygen atoms in total. The quantitative estimate of drug-likeness (QED) is 0.781. The Bertz CT molecular complexity index is 728.